The zero-order chi connectivity index (χ0) is 20.1. The van der Waals surface area contributed by atoms with Crippen molar-refractivity contribution in [3.63, 3.8) is 0 Å². The van der Waals surface area contributed by atoms with Gasteiger partial charge in [0.1, 0.15) is 5.82 Å². The topological polar surface area (TPSA) is 42.9 Å². The molecule has 0 spiro atoms. The summed E-state index contributed by atoms with van der Waals surface area (Å²) >= 11 is 0. The molecule has 0 saturated carbocycles. The first-order valence-corrected chi connectivity index (χ1v) is 10.8. The standard InChI is InChI=1S/C22H36FN5.HI/c1-5-28(6-2)21-11-10-16(12-20(21)23)15-25-22(24-3)26-17-13-18-8-7-9-19(14-17)27(18)4;/h10-12,17-19H,5-9,13-15H2,1-4H3,(H2,24,25,26);1H. The van der Waals surface area contributed by atoms with Gasteiger partial charge in [0, 0.05) is 44.8 Å². The Hall–Kier alpha value is -1.09. The minimum Gasteiger partial charge on any atom is -0.370 e. The Morgan fingerprint density at radius 1 is 1.21 bits per heavy atom. The third kappa shape index (κ3) is 5.96. The van der Waals surface area contributed by atoms with Gasteiger partial charge >= 0.3 is 0 Å². The molecule has 2 fully saturated rings. The highest BCUT2D eigenvalue weighted by Gasteiger charge is 2.36. The van der Waals surface area contributed by atoms with Crippen LogP contribution in [0.25, 0.3) is 0 Å². The van der Waals surface area contributed by atoms with Gasteiger partial charge in [-0.1, -0.05) is 12.5 Å². The number of anilines is 1. The zero-order valence-corrected chi connectivity index (χ0v) is 20.6. The highest BCUT2D eigenvalue weighted by molar-refractivity contribution is 14.0. The minimum atomic E-state index is -0.158. The number of rotatable bonds is 6. The van der Waals surface area contributed by atoms with Crippen molar-refractivity contribution in [2.45, 2.75) is 70.6 Å². The number of hydrogen-bond acceptors (Lipinski definition) is 3. The van der Waals surface area contributed by atoms with Gasteiger partial charge < -0.3 is 20.4 Å². The van der Waals surface area contributed by atoms with Crippen molar-refractivity contribution in [2.24, 2.45) is 4.99 Å². The molecule has 2 unspecified atom stereocenters. The minimum absolute atomic E-state index is 0. The molecular formula is C22H37FIN5. The predicted molar refractivity (Wildman–Crippen MR) is 131 cm³/mol. The van der Waals surface area contributed by atoms with Gasteiger partial charge in [-0.05, 0) is 64.3 Å². The molecule has 5 nitrogen and oxygen atoms in total. The Morgan fingerprint density at radius 2 is 1.86 bits per heavy atom. The van der Waals surface area contributed by atoms with Crippen LogP contribution in [0, 0.1) is 5.82 Å². The molecule has 2 aliphatic rings. The van der Waals surface area contributed by atoms with E-state index < -0.39 is 0 Å². The van der Waals surface area contributed by atoms with Crippen LogP contribution in [0.3, 0.4) is 0 Å². The number of hydrogen-bond donors (Lipinski definition) is 2. The normalized spacial score (nSPS) is 24.6. The molecule has 3 rings (SSSR count). The maximum atomic E-state index is 14.5. The van der Waals surface area contributed by atoms with E-state index in [1.54, 1.807) is 13.1 Å². The fraction of sp³-hybridized carbons (Fsp3) is 0.682. The van der Waals surface area contributed by atoms with Crippen LogP contribution in [0.1, 0.15) is 51.5 Å². The van der Waals surface area contributed by atoms with Crippen molar-refractivity contribution in [3.8, 4) is 0 Å². The van der Waals surface area contributed by atoms with E-state index in [9.17, 15) is 4.39 Å². The highest BCUT2D eigenvalue weighted by atomic mass is 127. The van der Waals surface area contributed by atoms with Gasteiger partial charge in [0.15, 0.2) is 5.96 Å². The van der Waals surface area contributed by atoms with E-state index in [2.05, 4.69) is 27.6 Å². The first kappa shape index (κ1) is 24.2. The van der Waals surface area contributed by atoms with Crippen molar-refractivity contribution in [1.82, 2.24) is 15.5 Å². The molecule has 1 aromatic carbocycles. The van der Waals surface area contributed by atoms with Crippen molar-refractivity contribution < 1.29 is 4.39 Å². The van der Waals surface area contributed by atoms with Crippen LogP contribution in [0.5, 0.6) is 0 Å². The summed E-state index contributed by atoms with van der Waals surface area (Å²) in [6.07, 6.45) is 6.29. The van der Waals surface area contributed by atoms with Crippen molar-refractivity contribution >= 4 is 35.6 Å². The Morgan fingerprint density at radius 3 is 2.41 bits per heavy atom. The summed E-state index contributed by atoms with van der Waals surface area (Å²) in [5.41, 5.74) is 1.60. The smallest absolute Gasteiger partial charge is 0.191 e. The van der Waals surface area contributed by atoms with Crippen LogP contribution in [0.4, 0.5) is 10.1 Å². The summed E-state index contributed by atoms with van der Waals surface area (Å²) in [7, 11) is 4.07. The molecule has 164 valence electrons. The summed E-state index contributed by atoms with van der Waals surface area (Å²) in [6, 6.07) is 7.34. The van der Waals surface area contributed by atoms with Crippen molar-refractivity contribution in [1.29, 1.82) is 0 Å². The molecule has 0 amide bonds. The summed E-state index contributed by atoms with van der Waals surface area (Å²) in [6.45, 7) is 6.27. The molecule has 2 atom stereocenters. The number of guanidine groups is 1. The maximum Gasteiger partial charge on any atom is 0.191 e. The number of nitrogens with zero attached hydrogens (tertiary/aromatic N) is 3. The van der Waals surface area contributed by atoms with Gasteiger partial charge in [0.2, 0.25) is 0 Å². The molecule has 29 heavy (non-hydrogen) atoms. The van der Waals surface area contributed by atoms with Crippen molar-refractivity contribution in [2.75, 3.05) is 32.1 Å². The van der Waals surface area contributed by atoms with Crippen LogP contribution >= 0.6 is 24.0 Å². The second-order valence-electron chi connectivity index (χ2n) is 8.10. The van der Waals surface area contributed by atoms with Gasteiger partial charge in [-0.15, -0.1) is 24.0 Å². The molecule has 0 aliphatic carbocycles. The summed E-state index contributed by atoms with van der Waals surface area (Å²) < 4.78 is 14.5. The molecule has 2 heterocycles. The fourth-order valence-electron chi connectivity index (χ4n) is 4.79. The third-order valence-corrected chi connectivity index (χ3v) is 6.48. The van der Waals surface area contributed by atoms with Gasteiger partial charge in [0.25, 0.3) is 0 Å². The van der Waals surface area contributed by atoms with E-state index in [4.69, 9.17) is 0 Å². The average Bonchev–Trinajstić information content (AvgIpc) is 2.68. The summed E-state index contributed by atoms with van der Waals surface area (Å²) in [5, 5.41) is 6.96. The Kier molecular flexibility index (Phi) is 9.46. The lowest BCUT2D eigenvalue weighted by Crippen LogP contribution is -2.56. The van der Waals surface area contributed by atoms with E-state index in [0.29, 0.717) is 30.4 Å². The van der Waals surface area contributed by atoms with Gasteiger partial charge in [0.05, 0.1) is 5.69 Å². The Balaban J connectivity index is 0.00000300. The number of fused-ring (bicyclic) bond motifs is 2. The first-order chi connectivity index (χ1) is 13.5. The number of nitrogens with one attached hydrogen (secondary N) is 2. The first-order valence-electron chi connectivity index (χ1n) is 10.8. The second kappa shape index (κ2) is 11.3. The maximum absolute atomic E-state index is 14.5. The van der Waals surface area contributed by atoms with Crippen LogP contribution in [0.2, 0.25) is 0 Å². The number of piperidine rings is 2. The van der Waals surface area contributed by atoms with Crippen LogP contribution in [0.15, 0.2) is 23.2 Å². The van der Waals surface area contributed by atoms with E-state index in [-0.39, 0.29) is 29.8 Å². The number of aliphatic imine (C=N–C) groups is 1. The monoisotopic (exact) mass is 517 g/mol. The molecule has 2 saturated heterocycles. The highest BCUT2D eigenvalue weighted by Crippen LogP contribution is 2.32. The molecular weight excluding hydrogens is 480 g/mol. The molecule has 0 aromatic heterocycles. The molecule has 1 aromatic rings. The van der Waals surface area contributed by atoms with E-state index in [1.165, 1.54) is 32.1 Å². The molecule has 2 N–H and O–H groups in total. The van der Waals surface area contributed by atoms with Gasteiger partial charge in [-0.2, -0.15) is 0 Å². The molecule has 2 bridgehead atoms. The van der Waals surface area contributed by atoms with Crippen LogP contribution in [-0.4, -0.2) is 56.2 Å². The van der Waals surface area contributed by atoms with Gasteiger partial charge in [-0.25, -0.2) is 4.39 Å². The van der Waals surface area contributed by atoms with E-state index in [1.807, 2.05) is 30.9 Å². The number of halogens is 2. The van der Waals surface area contributed by atoms with Gasteiger partial charge in [-0.3, -0.25) is 4.99 Å². The average molecular weight is 517 g/mol. The zero-order valence-electron chi connectivity index (χ0n) is 18.2. The SMILES string of the molecule is CCN(CC)c1ccc(CNC(=NC)NC2CC3CCCC(C2)N3C)cc1F.I. The fourth-order valence-corrected chi connectivity index (χ4v) is 4.79. The van der Waals surface area contributed by atoms with Crippen LogP contribution < -0.4 is 15.5 Å². The lowest BCUT2D eigenvalue weighted by atomic mass is 9.82. The van der Waals surface area contributed by atoms with Crippen LogP contribution in [-0.2, 0) is 6.54 Å². The second-order valence-corrected chi connectivity index (χ2v) is 8.10. The third-order valence-electron chi connectivity index (χ3n) is 6.48. The quantitative estimate of drug-likeness (QED) is 0.341. The molecule has 2 aliphatic heterocycles. The predicted octanol–water partition coefficient (Wildman–Crippen LogP) is 3.97. The lowest BCUT2D eigenvalue weighted by Gasteiger charge is -2.47. The molecule has 0 radical (unpaired) electrons. The van der Waals surface area contributed by atoms with E-state index in [0.717, 1.165) is 24.6 Å². The number of benzene rings is 1. The molecule has 7 heteroatoms. The lowest BCUT2D eigenvalue weighted by molar-refractivity contribution is 0.0526. The van der Waals surface area contributed by atoms with Crippen molar-refractivity contribution in [3.05, 3.63) is 29.6 Å². The summed E-state index contributed by atoms with van der Waals surface area (Å²) in [4.78, 5) is 8.98. The largest absolute Gasteiger partial charge is 0.370 e. The Bertz CT molecular complexity index is 665. The summed E-state index contributed by atoms with van der Waals surface area (Å²) in [5.74, 6) is 0.648. The Labute approximate surface area is 192 Å². The van der Waals surface area contributed by atoms with E-state index >= 15 is 0 Å².